The number of ether oxygens (including phenoxy) is 2. The summed E-state index contributed by atoms with van der Waals surface area (Å²) in [6, 6.07) is 10.3. The lowest BCUT2D eigenvalue weighted by Crippen LogP contribution is -2.43. The lowest BCUT2D eigenvalue weighted by atomic mass is 10.2. The molecule has 0 aliphatic carbocycles. The van der Waals surface area contributed by atoms with Crippen molar-refractivity contribution in [3.05, 3.63) is 52.5 Å². The molecule has 0 aromatic heterocycles. The molecular formula is C17H18ClN3O3S. The van der Waals surface area contributed by atoms with Crippen LogP contribution in [0.15, 0.2) is 36.4 Å². The van der Waals surface area contributed by atoms with Gasteiger partial charge in [0.2, 0.25) is 0 Å². The van der Waals surface area contributed by atoms with E-state index in [9.17, 15) is 4.79 Å². The van der Waals surface area contributed by atoms with E-state index in [2.05, 4.69) is 16.2 Å². The molecule has 0 aliphatic heterocycles. The van der Waals surface area contributed by atoms with Crippen molar-refractivity contribution in [3.8, 4) is 11.5 Å². The summed E-state index contributed by atoms with van der Waals surface area (Å²) in [6.07, 6.45) is 0. The van der Waals surface area contributed by atoms with E-state index in [1.807, 2.05) is 19.1 Å². The number of anilines is 1. The number of nitrogens with one attached hydrogen (secondary N) is 3. The number of thiocarbonyl (C=S) groups is 1. The first-order valence-corrected chi connectivity index (χ1v) is 8.08. The highest BCUT2D eigenvalue weighted by molar-refractivity contribution is 7.80. The van der Waals surface area contributed by atoms with E-state index in [0.717, 1.165) is 5.56 Å². The number of aryl methyl sites for hydroxylation is 1. The van der Waals surface area contributed by atoms with E-state index in [1.165, 1.54) is 14.2 Å². The molecule has 2 aromatic rings. The van der Waals surface area contributed by atoms with Gasteiger partial charge in [-0.1, -0.05) is 17.7 Å². The van der Waals surface area contributed by atoms with E-state index in [4.69, 9.17) is 33.3 Å². The molecule has 0 saturated heterocycles. The lowest BCUT2D eigenvalue weighted by molar-refractivity contribution is 0.0944. The Hall–Kier alpha value is -2.51. The Bertz CT molecular complexity index is 799. The van der Waals surface area contributed by atoms with Crippen molar-refractivity contribution >= 4 is 40.5 Å². The van der Waals surface area contributed by atoms with Crippen LogP contribution in [0.5, 0.6) is 11.5 Å². The summed E-state index contributed by atoms with van der Waals surface area (Å²) < 4.78 is 10.3. The Balaban J connectivity index is 1.94. The van der Waals surface area contributed by atoms with Gasteiger partial charge in [-0.25, -0.2) is 0 Å². The number of carbonyl (C=O) groups excluding carboxylic acids is 1. The highest BCUT2D eigenvalue weighted by Gasteiger charge is 2.11. The highest BCUT2D eigenvalue weighted by Crippen LogP contribution is 2.27. The van der Waals surface area contributed by atoms with Gasteiger partial charge in [0.25, 0.3) is 5.91 Å². The third-order valence-electron chi connectivity index (χ3n) is 3.36. The zero-order valence-electron chi connectivity index (χ0n) is 14.0. The minimum absolute atomic E-state index is 0.230. The molecule has 0 unspecified atom stereocenters. The fourth-order valence-corrected chi connectivity index (χ4v) is 2.35. The summed E-state index contributed by atoms with van der Waals surface area (Å²) in [7, 11) is 3.03. The molecule has 25 heavy (non-hydrogen) atoms. The summed E-state index contributed by atoms with van der Waals surface area (Å²) in [5.41, 5.74) is 7.22. The maximum absolute atomic E-state index is 12.2. The molecule has 0 atom stereocenters. The van der Waals surface area contributed by atoms with Crippen molar-refractivity contribution in [1.82, 2.24) is 10.9 Å². The maximum Gasteiger partial charge on any atom is 0.269 e. The van der Waals surface area contributed by atoms with E-state index in [1.54, 1.807) is 24.3 Å². The molecule has 1 amide bonds. The second-order valence-electron chi connectivity index (χ2n) is 5.07. The van der Waals surface area contributed by atoms with Gasteiger partial charge in [0, 0.05) is 16.3 Å². The van der Waals surface area contributed by atoms with Gasteiger partial charge >= 0.3 is 0 Å². The van der Waals surface area contributed by atoms with Crippen LogP contribution in [0.4, 0.5) is 5.69 Å². The number of hydrogen-bond donors (Lipinski definition) is 3. The lowest BCUT2D eigenvalue weighted by Gasteiger charge is -2.13. The largest absolute Gasteiger partial charge is 0.493 e. The van der Waals surface area contributed by atoms with Crippen LogP contribution in [0.2, 0.25) is 5.02 Å². The molecule has 6 nitrogen and oxygen atoms in total. The van der Waals surface area contributed by atoms with Crippen LogP contribution >= 0.6 is 23.8 Å². The van der Waals surface area contributed by atoms with Crippen molar-refractivity contribution in [1.29, 1.82) is 0 Å². The Morgan fingerprint density at radius 1 is 1.04 bits per heavy atom. The van der Waals surface area contributed by atoms with Crippen LogP contribution in [-0.4, -0.2) is 25.2 Å². The topological polar surface area (TPSA) is 71.6 Å². The van der Waals surface area contributed by atoms with Gasteiger partial charge < -0.3 is 14.8 Å². The Morgan fingerprint density at radius 2 is 1.76 bits per heavy atom. The van der Waals surface area contributed by atoms with Crippen molar-refractivity contribution < 1.29 is 14.3 Å². The van der Waals surface area contributed by atoms with E-state index >= 15 is 0 Å². The minimum Gasteiger partial charge on any atom is -0.493 e. The van der Waals surface area contributed by atoms with Crippen molar-refractivity contribution in [3.63, 3.8) is 0 Å². The predicted molar refractivity (Wildman–Crippen MR) is 103 cm³/mol. The molecule has 2 rings (SSSR count). The molecule has 0 aliphatic rings. The number of halogens is 1. The normalized spacial score (nSPS) is 9.92. The summed E-state index contributed by atoms with van der Waals surface area (Å²) in [6.45, 7) is 1.91. The maximum atomic E-state index is 12.2. The zero-order chi connectivity index (χ0) is 18.4. The number of amides is 1. The molecule has 0 bridgehead atoms. The second-order valence-corrected chi connectivity index (χ2v) is 5.88. The van der Waals surface area contributed by atoms with Crippen LogP contribution in [-0.2, 0) is 0 Å². The molecule has 0 heterocycles. The molecule has 0 fully saturated rings. The van der Waals surface area contributed by atoms with Crippen molar-refractivity contribution in [2.45, 2.75) is 6.92 Å². The van der Waals surface area contributed by atoms with E-state index < -0.39 is 0 Å². The molecule has 2 aromatic carbocycles. The van der Waals surface area contributed by atoms with E-state index in [-0.39, 0.29) is 11.0 Å². The first kappa shape index (κ1) is 18.8. The van der Waals surface area contributed by atoms with Crippen LogP contribution in [0.3, 0.4) is 0 Å². The summed E-state index contributed by atoms with van der Waals surface area (Å²) >= 11 is 11.2. The van der Waals surface area contributed by atoms with Gasteiger partial charge in [-0.05, 0) is 55.0 Å². The third kappa shape index (κ3) is 4.98. The molecule has 0 saturated carbocycles. The molecule has 8 heteroatoms. The van der Waals surface area contributed by atoms with Crippen LogP contribution in [0.1, 0.15) is 15.9 Å². The van der Waals surface area contributed by atoms with Crippen LogP contribution < -0.4 is 25.6 Å². The van der Waals surface area contributed by atoms with Gasteiger partial charge in [0.05, 0.1) is 14.2 Å². The van der Waals surface area contributed by atoms with Gasteiger partial charge in [-0.15, -0.1) is 0 Å². The van der Waals surface area contributed by atoms with Crippen LogP contribution in [0, 0.1) is 6.92 Å². The first-order chi connectivity index (χ1) is 11.9. The number of rotatable bonds is 4. The second kappa shape index (κ2) is 8.55. The van der Waals surface area contributed by atoms with Crippen LogP contribution in [0.25, 0.3) is 0 Å². The van der Waals surface area contributed by atoms with Crippen molar-refractivity contribution in [2.24, 2.45) is 0 Å². The summed E-state index contributed by atoms with van der Waals surface area (Å²) in [5, 5.41) is 3.79. The monoisotopic (exact) mass is 379 g/mol. The molecule has 3 N–H and O–H groups in total. The summed E-state index contributed by atoms with van der Waals surface area (Å²) in [4.78, 5) is 12.2. The smallest absolute Gasteiger partial charge is 0.269 e. The molecule has 0 spiro atoms. The Labute approximate surface area is 156 Å². The van der Waals surface area contributed by atoms with Gasteiger partial charge in [-0.2, -0.15) is 0 Å². The Kier molecular flexibility index (Phi) is 6.44. The fourth-order valence-electron chi connectivity index (χ4n) is 2.00. The van der Waals surface area contributed by atoms with Gasteiger partial charge in [0.15, 0.2) is 16.6 Å². The fraction of sp³-hybridized carbons (Fsp3) is 0.176. The molecular weight excluding hydrogens is 362 g/mol. The van der Waals surface area contributed by atoms with Gasteiger partial charge in [-0.3, -0.25) is 15.6 Å². The molecule has 0 radical (unpaired) electrons. The number of hydrazine groups is 1. The van der Waals surface area contributed by atoms with E-state index in [0.29, 0.717) is 27.8 Å². The zero-order valence-corrected chi connectivity index (χ0v) is 15.5. The number of carbonyl (C=O) groups is 1. The third-order valence-corrected chi connectivity index (χ3v) is 3.98. The predicted octanol–water partition coefficient (Wildman–Crippen LogP) is 3.30. The molecule has 132 valence electrons. The summed E-state index contributed by atoms with van der Waals surface area (Å²) in [5.74, 6) is 0.637. The SMILES string of the molecule is COc1ccc(C(=O)NNC(=S)Nc2ccc(C)c(Cl)c2)cc1OC. The standard InChI is InChI=1S/C17H18ClN3O3S/c1-10-4-6-12(9-13(10)18)19-17(25)21-20-16(22)11-5-7-14(23-2)15(8-11)24-3/h4-9H,1-3H3,(H,20,22)(H2,19,21,25). The number of methoxy groups -OCH3 is 2. The average molecular weight is 380 g/mol. The quantitative estimate of drug-likeness (QED) is 0.559. The average Bonchev–Trinajstić information content (AvgIpc) is 2.62. The Morgan fingerprint density at radius 3 is 2.40 bits per heavy atom. The van der Waals surface area contributed by atoms with Crippen molar-refractivity contribution in [2.75, 3.05) is 19.5 Å². The van der Waals surface area contributed by atoms with Gasteiger partial charge in [0.1, 0.15) is 0 Å². The number of hydrogen-bond acceptors (Lipinski definition) is 4. The number of benzene rings is 2. The minimum atomic E-state index is -0.368. The first-order valence-electron chi connectivity index (χ1n) is 7.30. The highest BCUT2D eigenvalue weighted by atomic mass is 35.5.